The summed E-state index contributed by atoms with van der Waals surface area (Å²) in [6.07, 6.45) is 1.68. The number of rotatable bonds is 6. The molecule has 5 nitrogen and oxygen atoms in total. The van der Waals surface area contributed by atoms with Crippen molar-refractivity contribution in [2.45, 2.75) is 16.7 Å². The predicted molar refractivity (Wildman–Crippen MR) is 129 cm³/mol. The number of benzene rings is 3. The third kappa shape index (κ3) is 5.49. The van der Waals surface area contributed by atoms with Gasteiger partial charge in [0.15, 0.2) is 0 Å². The maximum absolute atomic E-state index is 12.7. The van der Waals surface area contributed by atoms with Gasteiger partial charge in [-0.15, -0.1) is 0 Å². The second-order valence-electron chi connectivity index (χ2n) is 7.17. The lowest BCUT2D eigenvalue weighted by Crippen LogP contribution is -2.36. The van der Waals surface area contributed by atoms with Crippen molar-refractivity contribution < 1.29 is 14.4 Å². The number of hydrogen-bond acceptors (Lipinski definition) is 5. The molecular formula is C25H20N2O3S2. The Morgan fingerprint density at radius 2 is 1.56 bits per heavy atom. The van der Waals surface area contributed by atoms with Gasteiger partial charge in [0.1, 0.15) is 6.54 Å². The zero-order valence-electron chi connectivity index (χ0n) is 17.3. The van der Waals surface area contributed by atoms with Gasteiger partial charge in [-0.3, -0.25) is 19.3 Å². The molecule has 0 radical (unpaired) electrons. The minimum Gasteiger partial charge on any atom is -0.325 e. The van der Waals surface area contributed by atoms with Crippen LogP contribution in [0.4, 0.5) is 10.5 Å². The Hall–Kier alpha value is -3.29. The standard InChI is InChI=1S/C25H20N2O3S2/c1-17-7-11-20(12-8-17)31-21-13-9-18(10-14-21)15-22-24(29)27(25(30)32-22)16-23(28)26-19-5-3-2-4-6-19/h2-15H,16H2,1H3,(H,26,28)/b22-15-. The second kappa shape index (κ2) is 9.89. The highest BCUT2D eigenvalue weighted by molar-refractivity contribution is 8.18. The van der Waals surface area contributed by atoms with E-state index in [1.807, 2.05) is 30.3 Å². The van der Waals surface area contributed by atoms with E-state index in [9.17, 15) is 14.4 Å². The highest BCUT2D eigenvalue weighted by Gasteiger charge is 2.36. The third-order valence-corrected chi connectivity index (χ3v) is 6.59. The van der Waals surface area contributed by atoms with Gasteiger partial charge in [-0.25, -0.2) is 0 Å². The van der Waals surface area contributed by atoms with E-state index in [2.05, 4.69) is 36.5 Å². The predicted octanol–water partition coefficient (Wildman–Crippen LogP) is 5.82. The molecule has 1 saturated heterocycles. The number of aryl methyl sites for hydroxylation is 1. The van der Waals surface area contributed by atoms with Crippen LogP contribution in [-0.2, 0) is 9.59 Å². The monoisotopic (exact) mass is 460 g/mol. The lowest BCUT2D eigenvalue weighted by atomic mass is 10.2. The molecule has 160 valence electrons. The molecule has 4 rings (SSSR count). The smallest absolute Gasteiger partial charge is 0.294 e. The van der Waals surface area contributed by atoms with Gasteiger partial charge < -0.3 is 5.32 Å². The average Bonchev–Trinajstić information content (AvgIpc) is 3.04. The number of carbonyl (C=O) groups is 3. The fraction of sp³-hybridized carbons (Fsp3) is 0.0800. The van der Waals surface area contributed by atoms with Crippen molar-refractivity contribution in [1.82, 2.24) is 4.90 Å². The first kappa shape index (κ1) is 21.9. The van der Waals surface area contributed by atoms with Crippen LogP contribution in [0.2, 0.25) is 0 Å². The van der Waals surface area contributed by atoms with Crippen molar-refractivity contribution in [3.8, 4) is 0 Å². The first-order valence-corrected chi connectivity index (χ1v) is 11.6. The number of hydrogen-bond donors (Lipinski definition) is 1. The second-order valence-corrected chi connectivity index (χ2v) is 9.31. The van der Waals surface area contributed by atoms with Crippen LogP contribution in [0.25, 0.3) is 6.08 Å². The third-order valence-electron chi connectivity index (χ3n) is 4.67. The minimum absolute atomic E-state index is 0.307. The quantitative estimate of drug-likeness (QED) is 0.470. The summed E-state index contributed by atoms with van der Waals surface area (Å²) in [6, 6.07) is 25.0. The summed E-state index contributed by atoms with van der Waals surface area (Å²) >= 11 is 2.50. The van der Waals surface area contributed by atoms with Crippen LogP contribution in [0.1, 0.15) is 11.1 Å². The van der Waals surface area contributed by atoms with E-state index in [0.717, 1.165) is 32.0 Å². The lowest BCUT2D eigenvalue weighted by Gasteiger charge is -2.12. The molecule has 32 heavy (non-hydrogen) atoms. The summed E-state index contributed by atoms with van der Waals surface area (Å²) in [4.78, 5) is 40.7. The zero-order valence-corrected chi connectivity index (χ0v) is 18.9. The zero-order chi connectivity index (χ0) is 22.5. The van der Waals surface area contributed by atoms with Gasteiger partial charge in [0.05, 0.1) is 4.91 Å². The Kier molecular flexibility index (Phi) is 6.78. The molecular weight excluding hydrogens is 440 g/mol. The van der Waals surface area contributed by atoms with Crippen LogP contribution in [0.5, 0.6) is 0 Å². The van der Waals surface area contributed by atoms with Gasteiger partial charge in [-0.2, -0.15) is 0 Å². The molecule has 1 fully saturated rings. The highest BCUT2D eigenvalue weighted by Crippen LogP contribution is 2.33. The molecule has 1 aliphatic rings. The van der Waals surface area contributed by atoms with Crippen molar-refractivity contribution in [2.75, 3.05) is 11.9 Å². The van der Waals surface area contributed by atoms with Gasteiger partial charge >= 0.3 is 0 Å². The largest absolute Gasteiger partial charge is 0.325 e. The van der Waals surface area contributed by atoms with E-state index in [1.165, 1.54) is 5.56 Å². The molecule has 0 saturated carbocycles. The number of nitrogens with one attached hydrogen (secondary N) is 1. The number of carbonyl (C=O) groups excluding carboxylic acids is 3. The molecule has 1 N–H and O–H groups in total. The Morgan fingerprint density at radius 3 is 2.22 bits per heavy atom. The van der Waals surface area contributed by atoms with E-state index in [4.69, 9.17) is 0 Å². The van der Waals surface area contributed by atoms with E-state index in [0.29, 0.717) is 10.6 Å². The molecule has 0 aliphatic carbocycles. The van der Waals surface area contributed by atoms with Crippen molar-refractivity contribution in [1.29, 1.82) is 0 Å². The summed E-state index contributed by atoms with van der Waals surface area (Å²) in [5, 5.41) is 2.24. The number of amides is 3. The van der Waals surface area contributed by atoms with Crippen LogP contribution in [0.15, 0.2) is 93.6 Å². The first-order chi connectivity index (χ1) is 15.5. The van der Waals surface area contributed by atoms with Crippen LogP contribution < -0.4 is 5.32 Å². The molecule has 0 aromatic heterocycles. The Labute approximate surface area is 194 Å². The van der Waals surface area contributed by atoms with Gasteiger partial charge in [0, 0.05) is 15.5 Å². The van der Waals surface area contributed by atoms with Crippen LogP contribution in [0.3, 0.4) is 0 Å². The summed E-state index contributed by atoms with van der Waals surface area (Å²) in [5.74, 6) is -0.876. The van der Waals surface area contributed by atoms with Crippen LogP contribution in [-0.4, -0.2) is 28.5 Å². The fourth-order valence-corrected chi connectivity index (χ4v) is 4.68. The van der Waals surface area contributed by atoms with E-state index < -0.39 is 17.1 Å². The van der Waals surface area contributed by atoms with E-state index >= 15 is 0 Å². The normalized spacial score (nSPS) is 14.8. The molecule has 0 unspecified atom stereocenters. The summed E-state index contributed by atoms with van der Waals surface area (Å²) in [7, 11) is 0. The highest BCUT2D eigenvalue weighted by atomic mass is 32.2. The molecule has 7 heteroatoms. The van der Waals surface area contributed by atoms with E-state index in [-0.39, 0.29) is 6.54 Å². The molecule has 0 bridgehead atoms. The summed E-state index contributed by atoms with van der Waals surface area (Å²) < 4.78 is 0. The number of anilines is 1. The number of imide groups is 1. The number of para-hydroxylation sites is 1. The molecule has 0 spiro atoms. The molecule has 3 aromatic rings. The molecule has 3 aromatic carbocycles. The van der Waals surface area contributed by atoms with E-state index in [1.54, 1.807) is 42.1 Å². The SMILES string of the molecule is Cc1ccc(Sc2ccc(/C=C3\SC(=O)N(CC(=O)Nc4ccccc4)C3=O)cc2)cc1. The van der Waals surface area contributed by atoms with Crippen LogP contribution in [0, 0.1) is 6.92 Å². The van der Waals surface area contributed by atoms with Crippen molar-refractivity contribution in [3.05, 3.63) is 94.9 Å². The van der Waals surface area contributed by atoms with Crippen molar-refractivity contribution in [2.24, 2.45) is 0 Å². The fourth-order valence-electron chi connectivity index (χ4n) is 3.03. The topological polar surface area (TPSA) is 66.5 Å². The average molecular weight is 461 g/mol. The van der Waals surface area contributed by atoms with Gasteiger partial charge in [-0.1, -0.05) is 59.8 Å². The summed E-state index contributed by atoms with van der Waals surface area (Å²) in [5.41, 5.74) is 2.65. The van der Waals surface area contributed by atoms with Gasteiger partial charge in [0.25, 0.3) is 11.1 Å². The Morgan fingerprint density at radius 1 is 0.938 bits per heavy atom. The van der Waals surface area contributed by atoms with Crippen LogP contribution >= 0.6 is 23.5 Å². The maximum Gasteiger partial charge on any atom is 0.294 e. The lowest BCUT2D eigenvalue weighted by molar-refractivity contribution is -0.127. The van der Waals surface area contributed by atoms with Crippen molar-refractivity contribution in [3.63, 3.8) is 0 Å². The number of nitrogens with zero attached hydrogens (tertiary/aromatic N) is 1. The van der Waals surface area contributed by atoms with Gasteiger partial charge in [0.2, 0.25) is 5.91 Å². The molecule has 1 heterocycles. The molecule has 3 amide bonds. The Balaban J connectivity index is 1.39. The van der Waals surface area contributed by atoms with Gasteiger partial charge in [-0.05, 0) is 66.7 Å². The molecule has 0 atom stereocenters. The Bertz CT molecular complexity index is 1170. The minimum atomic E-state index is -0.457. The molecule has 1 aliphatic heterocycles. The van der Waals surface area contributed by atoms with Crippen molar-refractivity contribution >= 4 is 52.3 Å². The maximum atomic E-state index is 12.7. The summed E-state index contributed by atoms with van der Waals surface area (Å²) in [6.45, 7) is 1.74. The number of thioether (sulfide) groups is 1. The first-order valence-electron chi connectivity index (χ1n) is 9.93.